The fourth-order valence-electron chi connectivity index (χ4n) is 1.61. The summed E-state index contributed by atoms with van der Waals surface area (Å²) in [6.07, 6.45) is 4.42. The number of hydrogen-bond donors (Lipinski definition) is 2. The fraction of sp³-hybridized carbons (Fsp3) is 0.583. The van der Waals surface area contributed by atoms with E-state index in [1.165, 1.54) is 0 Å². The minimum atomic E-state index is 0.229. The van der Waals surface area contributed by atoms with Crippen LogP contribution in [0.25, 0.3) is 0 Å². The molecule has 1 aromatic rings. The molecule has 4 heteroatoms. The Balaban J connectivity index is 2.48. The largest absolute Gasteiger partial charge is 0.396 e. The molecule has 90 valence electrons. The van der Waals surface area contributed by atoms with E-state index in [1.807, 2.05) is 6.20 Å². The van der Waals surface area contributed by atoms with E-state index in [2.05, 4.69) is 46.1 Å². The Kier molecular flexibility index (Phi) is 5.95. The molecule has 0 saturated heterocycles. The molecule has 0 aliphatic carbocycles. The predicted octanol–water partition coefficient (Wildman–Crippen LogP) is 2.34. The summed E-state index contributed by atoms with van der Waals surface area (Å²) in [7, 11) is 0. The molecule has 1 atom stereocenters. The zero-order chi connectivity index (χ0) is 12.0. The number of aliphatic hydroxyl groups is 1. The van der Waals surface area contributed by atoms with Gasteiger partial charge in [0.15, 0.2) is 0 Å². The van der Waals surface area contributed by atoms with E-state index < -0.39 is 0 Å². The topological polar surface area (TPSA) is 45.1 Å². The number of pyridine rings is 1. The van der Waals surface area contributed by atoms with Crippen molar-refractivity contribution in [1.29, 1.82) is 0 Å². The smallest absolute Gasteiger partial charge is 0.0445 e. The van der Waals surface area contributed by atoms with E-state index in [-0.39, 0.29) is 6.61 Å². The first kappa shape index (κ1) is 13.6. The molecular formula is C12H19BrN2O. The maximum Gasteiger partial charge on any atom is 0.0445 e. The van der Waals surface area contributed by atoms with Gasteiger partial charge in [-0.05, 0) is 39.9 Å². The second kappa shape index (κ2) is 6.99. The Hall–Kier alpha value is -0.450. The number of aromatic nitrogens is 1. The number of nitrogens with one attached hydrogen (secondary N) is 1. The maximum absolute atomic E-state index is 8.97. The Bertz CT molecular complexity index is 318. The molecule has 2 N–H and O–H groups in total. The summed E-state index contributed by atoms with van der Waals surface area (Å²) in [5, 5.41) is 12.4. The van der Waals surface area contributed by atoms with Crippen molar-refractivity contribution in [3.63, 3.8) is 0 Å². The van der Waals surface area contributed by atoms with Crippen LogP contribution in [0, 0.1) is 5.92 Å². The van der Waals surface area contributed by atoms with Gasteiger partial charge in [0.05, 0.1) is 0 Å². The van der Waals surface area contributed by atoms with Crippen molar-refractivity contribution in [3.05, 3.63) is 28.5 Å². The van der Waals surface area contributed by atoms with Gasteiger partial charge >= 0.3 is 0 Å². The van der Waals surface area contributed by atoms with Crippen LogP contribution in [0.5, 0.6) is 0 Å². The molecule has 1 unspecified atom stereocenters. The van der Waals surface area contributed by atoms with E-state index in [0.717, 1.165) is 23.0 Å². The normalized spacial score (nSPS) is 13.1. The maximum atomic E-state index is 8.97. The van der Waals surface area contributed by atoms with E-state index >= 15 is 0 Å². The first-order chi connectivity index (χ1) is 7.63. The predicted molar refractivity (Wildman–Crippen MR) is 69.1 cm³/mol. The van der Waals surface area contributed by atoms with E-state index in [4.69, 9.17) is 5.11 Å². The molecule has 16 heavy (non-hydrogen) atoms. The summed E-state index contributed by atoms with van der Waals surface area (Å²) in [6, 6.07) is 2.40. The first-order valence-electron chi connectivity index (χ1n) is 5.57. The Morgan fingerprint density at radius 2 is 2.19 bits per heavy atom. The van der Waals surface area contributed by atoms with Crippen LogP contribution in [0.1, 0.15) is 25.8 Å². The second-order valence-electron chi connectivity index (χ2n) is 4.26. The number of halogens is 1. The summed E-state index contributed by atoms with van der Waals surface area (Å²) in [5.41, 5.74) is 1.15. The lowest BCUT2D eigenvalue weighted by Crippen LogP contribution is -2.34. The molecule has 1 rings (SSSR count). The number of nitrogens with zero attached hydrogens (tertiary/aromatic N) is 1. The van der Waals surface area contributed by atoms with Gasteiger partial charge in [0.1, 0.15) is 0 Å². The lowest BCUT2D eigenvalue weighted by Gasteiger charge is -2.21. The molecule has 0 fully saturated rings. The van der Waals surface area contributed by atoms with Gasteiger partial charge in [-0.3, -0.25) is 4.98 Å². The van der Waals surface area contributed by atoms with Crippen LogP contribution in [0.3, 0.4) is 0 Å². The zero-order valence-electron chi connectivity index (χ0n) is 9.78. The third-order valence-electron chi connectivity index (χ3n) is 2.57. The van der Waals surface area contributed by atoms with Gasteiger partial charge in [0, 0.05) is 36.1 Å². The summed E-state index contributed by atoms with van der Waals surface area (Å²) < 4.78 is 0.995. The van der Waals surface area contributed by atoms with Crippen LogP contribution in [0.4, 0.5) is 0 Å². The van der Waals surface area contributed by atoms with Crippen molar-refractivity contribution in [1.82, 2.24) is 10.3 Å². The van der Waals surface area contributed by atoms with Crippen LogP contribution >= 0.6 is 15.9 Å². The van der Waals surface area contributed by atoms with Crippen LogP contribution in [-0.4, -0.2) is 22.7 Å². The zero-order valence-corrected chi connectivity index (χ0v) is 11.4. The van der Waals surface area contributed by atoms with Gasteiger partial charge < -0.3 is 10.4 Å². The van der Waals surface area contributed by atoms with Crippen LogP contribution in [0.15, 0.2) is 22.9 Å². The second-order valence-corrected chi connectivity index (χ2v) is 5.17. The lowest BCUT2D eigenvalue weighted by atomic mass is 10.0. The minimum absolute atomic E-state index is 0.229. The van der Waals surface area contributed by atoms with E-state index in [0.29, 0.717) is 12.0 Å². The van der Waals surface area contributed by atoms with Crippen molar-refractivity contribution in [3.8, 4) is 0 Å². The van der Waals surface area contributed by atoms with Gasteiger partial charge in [0.25, 0.3) is 0 Å². The van der Waals surface area contributed by atoms with E-state index in [9.17, 15) is 0 Å². The number of aliphatic hydroxyl groups excluding tert-OH is 1. The third-order valence-corrected chi connectivity index (χ3v) is 3.01. The molecule has 1 heterocycles. The van der Waals surface area contributed by atoms with E-state index in [1.54, 1.807) is 6.20 Å². The number of rotatable bonds is 6. The van der Waals surface area contributed by atoms with Crippen molar-refractivity contribution in [2.45, 2.75) is 32.9 Å². The Labute approximate surface area is 105 Å². The monoisotopic (exact) mass is 286 g/mol. The molecule has 0 saturated carbocycles. The van der Waals surface area contributed by atoms with Gasteiger partial charge in [-0.15, -0.1) is 0 Å². The van der Waals surface area contributed by atoms with Gasteiger partial charge in [-0.25, -0.2) is 0 Å². The van der Waals surface area contributed by atoms with Crippen LogP contribution in [0.2, 0.25) is 0 Å². The molecule has 1 aromatic heterocycles. The number of hydrogen-bond acceptors (Lipinski definition) is 3. The summed E-state index contributed by atoms with van der Waals surface area (Å²) in [4.78, 5) is 4.12. The fourth-order valence-corrected chi connectivity index (χ4v) is 2.02. The third kappa shape index (κ3) is 4.60. The quantitative estimate of drug-likeness (QED) is 0.844. The van der Waals surface area contributed by atoms with Crippen molar-refractivity contribution in [2.24, 2.45) is 5.92 Å². The minimum Gasteiger partial charge on any atom is -0.396 e. The molecule has 0 amide bonds. The highest BCUT2D eigenvalue weighted by Crippen LogP contribution is 2.11. The average molecular weight is 287 g/mol. The highest BCUT2D eigenvalue weighted by molar-refractivity contribution is 9.10. The summed E-state index contributed by atoms with van der Waals surface area (Å²) in [5.74, 6) is 0.521. The van der Waals surface area contributed by atoms with Crippen molar-refractivity contribution < 1.29 is 5.11 Å². The van der Waals surface area contributed by atoms with Crippen molar-refractivity contribution in [2.75, 3.05) is 6.61 Å². The Morgan fingerprint density at radius 3 is 2.75 bits per heavy atom. The summed E-state index contributed by atoms with van der Waals surface area (Å²) >= 11 is 3.40. The molecule has 0 bridgehead atoms. The Morgan fingerprint density at radius 1 is 1.44 bits per heavy atom. The molecule has 3 nitrogen and oxygen atoms in total. The molecule has 0 aromatic carbocycles. The first-order valence-corrected chi connectivity index (χ1v) is 6.36. The highest BCUT2D eigenvalue weighted by Gasteiger charge is 2.11. The molecular weight excluding hydrogens is 268 g/mol. The lowest BCUT2D eigenvalue weighted by molar-refractivity contribution is 0.244. The van der Waals surface area contributed by atoms with Crippen LogP contribution < -0.4 is 5.32 Å². The molecule has 0 aliphatic heterocycles. The molecule has 0 spiro atoms. The SMILES string of the molecule is CC(C)C(CCO)NCc1cncc(Br)c1. The molecule has 0 radical (unpaired) electrons. The highest BCUT2D eigenvalue weighted by atomic mass is 79.9. The molecule has 0 aliphatic rings. The van der Waals surface area contributed by atoms with Gasteiger partial charge in [-0.2, -0.15) is 0 Å². The summed E-state index contributed by atoms with van der Waals surface area (Å²) in [6.45, 7) is 5.33. The standard InChI is InChI=1S/C12H19BrN2O/c1-9(2)12(3-4-16)15-7-10-5-11(13)8-14-6-10/h5-6,8-9,12,15-16H,3-4,7H2,1-2H3. The average Bonchev–Trinajstić information content (AvgIpc) is 2.24. The van der Waals surface area contributed by atoms with Gasteiger partial charge in [0.2, 0.25) is 0 Å². The van der Waals surface area contributed by atoms with Gasteiger partial charge in [-0.1, -0.05) is 13.8 Å². The van der Waals surface area contributed by atoms with Crippen molar-refractivity contribution >= 4 is 15.9 Å². The van der Waals surface area contributed by atoms with Crippen LogP contribution in [-0.2, 0) is 6.54 Å².